The first-order chi connectivity index (χ1) is 7.91. The summed E-state index contributed by atoms with van der Waals surface area (Å²) in [6.07, 6.45) is -7.94. The SMILES string of the molecule is OC(CNCC(O)C(F)(F)F)c1ccccc1. The zero-order valence-corrected chi connectivity index (χ0v) is 8.98. The van der Waals surface area contributed by atoms with E-state index < -0.39 is 24.9 Å². The smallest absolute Gasteiger partial charge is 0.387 e. The van der Waals surface area contributed by atoms with Gasteiger partial charge in [0, 0.05) is 13.1 Å². The average molecular weight is 249 g/mol. The second-order valence-electron chi connectivity index (χ2n) is 3.64. The Morgan fingerprint density at radius 2 is 1.65 bits per heavy atom. The fraction of sp³-hybridized carbons (Fsp3) is 0.455. The molecule has 0 saturated heterocycles. The van der Waals surface area contributed by atoms with Crippen molar-refractivity contribution in [2.75, 3.05) is 13.1 Å². The van der Waals surface area contributed by atoms with E-state index in [1.165, 1.54) is 0 Å². The van der Waals surface area contributed by atoms with Crippen LogP contribution in [0.2, 0.25) is 0 Å². The summed E-state index contributed by atoms with van der Waals surface area (Å²) in [5.74, 6) is 0. The molecular weight excluding hydrogens is 235 g/mol. The molecule has 1 aromatic carbocycles. The minimum absolute atomic E-state index is 0.0445. The van der Waals surface area contributed by atoms with E-state index in [4.69, 9.17) is 5.11 Å². The maximum atomic E-state index is 11.9. The molecule has 1 aromatic rings. The molecule has 0 bridgehead atoms. The fourth-order valence-corrected chi connectivity index (χ4v) is 1.27. The molecule has 0 fully saturated rings. The van der Waals surface area contributed by atoms with Crippen molar-refractivity contribution in [1.82, 2.24) is 5.32 Å². The van der Waals surface area contributed by atoms with E-state index >= 15 is 0 Å². The van der Waals surface area contributed by atoms with Gasteiger partial charge in [0.25, 0.3) is 0 Å². The number of benzene rings is 1. The van der Waals surface area contributed by atoms with Crippen LogP contribution in [0.3, 0.4) is 0 Å². The molecule has 0 radical (unpaired) electrons. The molecule has 2 atom stereocenters. The van der Waals surface area contributed by atoms with Gasteiger partial charge in [0.2, 0.25) is 0 Å². The van der Waals surface area contributed by atoms with Crippen LogP contribution < -0.4 is 5.32 Å². The maximum absolute atomic E-state index is 11.9. The lowest BCUT2D eigenvalue weighted by Gasteiger charge is -2.17. The van der Waals surface area contributed by atoms with Gasteiger partial charge in [-0.25, -0.2) is 0 Å². The second-order valence-corrected chi connectivity index (χ2v) is 3.64. The Balaban J connectivity index is 2.33. The van der Waals surface area contributed by atoms with Gasteiger partial charge >= 0.3 is 6.18 Å². The van der Waals surface area contributed by atoms with Crippen molar-refractivity contribution in [1.29, 1.82) is 0 Å². The van der Waals surface area contributed by atoms with E-state index in [0.717, 1.165) is 0 Å². The van der Waals surface area contributed by atoms with Gasteiger partial charge in [0.1, 0.15) is 0 Å². The van der Waals surface area contributed by atoms with Crippen LogP contribution in [0.1, 0.15) is 11.7 Å². The van der Waals surface area contributed by atoms with Gasteiger partial charge in [0.05, 0.1) is 6.10 Å². The summed E-state index contributed by atoms with van der Waals surface area (Å²) < 4.78 is 35.8. The van der Waals surface area contributed by atoms with Gasteiger partial charge < -0.3 is 15.5 Å². The third-order valence-corrected chi connectivity index (χ3v) is 2.24. The molecule has 96 valence electrons. The third kappa shape index (κ3) is 4.72. The van der Waals surface area contributed by atoms with E-state index in [-0.39, 0.29) is 6.54 Å². The zero-order chi connectivity index (χ0) is 12.9. The summed E-state index contributed by atoms with van der Waals surface area (Å²) in [7, 11) is 0. The highest BCUT2D eigenvalue weighted by atomic mass is 19.4. The molecule has 3 nitrogen and oxygen atoms in total. The lowest BCUT2D eigenvalue weighted by molar-refractivity contribution is -0.202. The molecule has 2 unspecified atom stereocenters. The highest BCUT2D eigenvalue weighted by Crippen LogP contribution is 2.19. The summed E-state index contributed by atoms with van der Waals surface area (Å²) in [5.41, 5.74) is 0.612. The summed E-state index contributed by atoms with van der Waals surface area (Å²) in [6.45, 7) is -0.676. The lowest BCUT2D eigenvalue weighted by atomic mass is 10.1. The third-order valence-electron chi connectivity index (χ3n) is 2.24. The maximum Gasteiger partial charge on any atom is 0.415 e. The van der Waals surface area contributed by atoms with Gasteiger partial charge in [-0.3, -0.25) is 0 Å². The van der Waals surface area contributed by atoms with Crippen LogP contribution in [-0.2, 0) is 0 Å². The predicted molar refractivity (Wildman–Crippen MR) is 56.3 cm³/mol. The molecule has 0 saturated carbocycles. The Labute approximate surface area is 96.9 Å². The number of alkyl halides is 3. The Morgan fingerprint density at radius 1 is 1.06 bits per heavy atom. The zero-order valence-electron chi connectivity index (χ0n) is 8.98. The van der Waals surface area contributed by atoms with Crippen molar-refractivity contribution in [2.45, 2.75) is 18.4 Å². The molecule has 6 heteroatoms. The van der Waals surface area contributed by atoms with E-state index in [1.54, 1.807) is 30.3 Å². The molecule has 0 aliphatic carbocycles. The minimum atomic E-state index is -4.63. The van der Waals surface area contributed by atoms with E-state index in [0.29, 0.717) is 5.56 Å². The summed E-state index contributed by atoms with van der Waals surface area (Å²) >= 11 is 0. The van der Waals surface area contributed by atoms with E-state index in [1.807, 2.05) is 0 Å². The van der Waals surface area contributed by atoms with Crippen LogP contribution in [-0.4, -0.2) is 35.6 Å². The highest BCUT2D eigenvalue weighted by Gasteiger charge is 2.37. The molecular formula is C11H14F3NO2. The molecule has 0 aliphatic heterocycles. The fourth-order valence-electron chi connectivity index (χ4n) is 1.27. The molecule has 0 spiro atoms. The van der Waals surface area contributed by atoms with E-state index in [2.05, 4.69) is 5.32 Å². The van der Waals surface area contributed by atoms with Crippen molar-refractivity contribution in [3.8, 4) is 0 Å². The van der Waals surface area contributed by atoms with Gasteiger partial charge in [-0.2, -0.15) is 13.2 Å². The number of aliphatic hydroxyl groups is 2. The van der Waals surface area contributed by atoms with Crippen molar-refractivity contribution in [2.24, 2.45) is 0 Å². The first kappa shape index (κ1) is 14.0. The lowest BCUT2D eigenvalue weighted by Crippen LogP contribution is -2.39. The van der Waals surface area contributed by atoms with Crippen LogP contribution in [0.5, 0.6) is 0 Å². The number of nitrogens with one attached hydrogen (secondary N) is 1. The molecule has 1 rings (SSSR count). The van der Waals surface area contributed by atoms with Crippen LogP contribution >= 0.6 is 0 Å². The van der Waals surface area contributed by atoms with Crippen LogP contribution in [0.15, 0.2) is 30.3 Å². The minimum Gasteiger partial charge on any atom is -0.387 e. The van der Waals surface area contributed by atoms with Gasteiger partial charge in [-0.05, 0) is 5.56 Å². The van der Waals surface area contributed by atoms with Crippen molar-refractivity contribution < 1.29 is 23.4 Å². The number of hydrogen-bond donors (Lipinski definition) is 3. The summed E-state index contributed by atoms with van der Waals surface area (Å²) in [5, 5.41) is 20.7. The van der Waals surface area contributed by atoms with Crippen molar-refractivity contribution in [3.63, 3.8) is 0 Å². The average Bonchev–Trinajstić information content (AvgIpc) is 2.28. The van der Waals surface area contributed by atoms with Crippen LogP contribution in [0, 0.1) is 0 Å². The number of hydrogen-bond acceptors (Lipinski definition) is 3. The molecule has 0 amide bonds. The first-order valence-electron chi connectivity index (χ1n) is 5.09. The molecule has 17 heavy (non-hydrogen) atoms. The standard InChI is InChI=1S/C11H14F3NO2/c12-11(13,14)10(17)7-15-6-9(16)8-4-2-1-3-5-8/h1-5,9-10,15-17H,6-7H2. The van der Waals surface area contributed by atoms with E-state index in [9.17, 15) is 18.3 Å². The quantitative estimate of drug-likeness (QED) is 0.735. The van der Waals surface area contributed by atoms with Crippen LogP contribution in [0.25, 0.3) is 0 Å². The van der Waals surface area contributed by atoms with Gasteiger partial charge in [0.15, 0.2) is 6.10 Å². The highest BCUT2D eigenvalue weighted by molar-refractivity contribution is 5.17. The second kappa shape index (κ2) is 6.00. The Morgan fingerprint density at radius 3 is 2.18 bits per heavy atom. The van der Waals surface area contributed by atoms with Crippen molar-refractivity contribution in [3.05, 3.63) is 35.9 Å². The Bertz CT molecular complexity index is 329. The van der Waals surface area contributed by atoms with Gasteiger partial charge in [-0.15, -0.1) is 0 Å². The normalized spacial score (nSPS) is 15.6. The number of halogens is 3. The van der Waals surface area contributed by atoms with Crippen LogP contribution in [0.4, 0.5) is 13.2 Å². The summed E-state index contributed by atoms with van der Waals surface area (Å²) in [6, 6.07) is 8.57. The van der Waals surface area contributed by atoms with Gasteiger partial charge in [-0.1, -0.05) is 30.3 Å². The summed E-state index contributed by atoms with van der Waals surface area (Å²) in [4.78, 5) is 0. The molecule has 0 heterocycles. The first-order valence-corrected chi connectivity index (χ1v) is 5.09. The van der Waals surface area contributed by atoms with Crippen molar-refractivity contribution >= 4 is 0 Å². The topological polar surface area (TPSA) is 52.5 Å². The molecule has 0 aliphatic rings. The Kier molecular flexibility index (Phi) is 4.92. The largest absolute Gasteiger partial charge is 0.415 e. The molecule has 3 N–H and O–H groups in total. The predicted octanol–water partition coefficient (Wildman–Crippen LogP) is 1.23. The molecule has 0 aromatic heterocycles. The number of rotatable bonds is 5. The Hall–Kier alpha value is -1.11. The number of aliphatic hydroxyl groups excluding tert-OH is 2. The monoisotopic (exact) mass is 249 g/mol.